The van der Waals surface area contributed by atoms with Crippen molar-refractivity contribution in [1.29, 1.82) is 0 Å². The van der Waals surface area contributed by atoms with Gasteiger partial charge in [-0.3, -0.25) is 9.59 Å². The summed E-state index contributed by atoms with van der Waals surface area (Å²) in [6, 6.07) is 9.68. The summed E-state index contributed by atoms with van der Waals surface area (Å²) in [5.41, 5.74) is 2.05. The van der Waals surface area contributed by atoms with Crippen LogP contribution in [0.25, 0.3) is 10.4 Å². The van der Waals surface area contributed by atoms with Crippen molar-refractivity contribution in [2.75, 3.05) is 18.1 Å². The summed E-state index contributed by atoms with van der Waals surface area (Å²) in [5.74, 6) is 0.509. The van der Waals surface area contributed by atoms with Crippen LogP contribution in [-0.4, -0.2) is 35.0 Å². The standard InChI is InChI=1S/C16H15NO4S2/c18-14(19)9-22-6-5-17-16(20)13-7-10-8-21-12-4-2-1-3-11(12)15(10)23-13/h1-4,7H,5-6,8-9H2,(H,17,20)(H,18,19). The highest BCUT2D eigenvalue weighted by molar-refractivity contribution is 7.99. The zero-order chi connectivity index (χ0) is 16.2. The summed E-state index contributed by atoms with van der Waals surface area (Å²) < 4.78 is 5.69. The lowest BCUT2D eigenvalue weighted by Crippen LogP contribution is -2.25. The number of ether oxygens (including phenoxy) is 1. The molecule has 0 spiro atoms. The van der Waals surface area contributed by atoms with Crippen molar-refractivity contribution < 1.29 is 19.4 Å². The number of para-hydroxylation sites is 1. The van der Waals surface area contributed by atoms with Crippen LogP contribution in [0.2, 0.25) is 0 Å². The molecule has 0 radical (unpaired) electrons. The second kappa shape index (κ2) is 7.06. The second-order valence-corrected chi connectivity index (χ2v) is 7.11. The number of carboxylic acids is 1. The summed E-state index contributed by atoms with van der Waals surface area (Å²) in [6.45, 7) is 0.928. The molecule has 0 saturated heterocycles. The number of aliphatic carboxylic acids is 1. The molecular weight excluding hydrogens is 334 g/mol. The summed E-state index contributed by atoms with van der Waals surface area (Å²) in [7, 11) is 0. The van der Waals surface area contributed by atoms with E-state index < -0.39 is 5.97 Å². The van der Waals surface area contributed by atoms with E-state index in [-0.39, 0.29) is 11.7 Å². The van der Waals surface area contributed by atoms with E-state index in [2.05, 4.69) is 5.32 Å². The van der Waals surface area contributed by atoms with Crippen LogP contribution in [0.4, 0.5) is 0 Å². The van der Waals surface area contributed by atoms with E-state index in [0.29, 0.717) is 23.8 Å². The van der Waals surface area contributed by atoms with Crippen LogP contribution in [0.3, 0.4) is 0 Å². The molecular formula is C16H15NO4S2. The Morgan fingerprint density at radius 2 is 2.17 bits per heavy atom. The Hall–Kier alpha value is -1.99. The minimum atomic E-state index is -0.842. The molecule has 0 unspecified atom stereocenters. The van der Waals surface area contributed by atoms with Crippen LogP contribution in [0, 0.1) is 0 Å². The van der Waals surface area contributed by atoms with Gasteiger partial charge in [0.1, 0.15) is 12.4 Å². The first-order valence-corrected chi connectivity index (χ1v) is 9.05. The number of nitrogens with one attached hydrogen (secondary N) is 1. The smallest absolute Gasteiger partial charge is 0.313 e. The number of hydrogen-bond acceptors (Lipinski definition) is 5. The minimum absolute atomic E-state index is 0.0529. The average molecular weight is 349 g/mol. The van der Waals surface area contributed by atoms with E-state index >= 15 is 0 Å². The topological polar surface area (TPSA) is 75.6 Å². The zero-order valence-electron chi connectivity index (χ0n) is 12.2. The fourth-order valence-corrected chi connectivity index (χ4v) is 3.97. The fourth-order valence-electron chi connectivity index (χ4n) is 2.29. The summed E-state index contributed by atoms with van der Waals surface area (Å²) in [5, 5.41) is 11.4. The van der Waals surface area contributed by atoms with Crippen molar-refractivity contribution in [3.8, 4) is 16.2 Å². The molecule has 5 nitrogen and oxygen atoms in total. The molecule has 3 rings (SSSR count). The molecule has 2 heterocycles. The number of hydrogen-bond donors (Lipinski definition) is 2. The molecule has 0 bridgehead atoms. The van der Waals surface area contributed by atoms with Crippen molar-refractivity contribution >= 4 is 35.0 Å². The van der Waals surface area contributed by atoms with E-state index in [1.165, 1.54) is 23.1 Å². The third-order valence-electron chi connectivity index (χ3n) is 3.31. The van der Waals surface area contributed by atoms with E-state index in [1.807, 2.05) is 30.3 Å². The lowest BCUT2D eigenvalue weighted by Gasteiger charge is -2.16. The highest BCUT2D eigenvalue weighted by Gasteiger charge is 2.22. The molecule has 1 aromatic heterocycles. The third-order valence-corrected chi connectivity index (χ3v) is 5.46. The van der Waals surface area contributed by atoms with E-state index in [4.69, 9.17) is 9.84 Å². The van der Waals surface area contributed by atoms with Gasteiger partial charge in [0.2, 0.25) is 0 Å². The maximum absolute atomic E-state index is 12.2. The molecule has 7 heteroatoms. The van der Waals surface area contributed by atoms with Crippen LogP contribution in [-0.2, 0) is 11.4 Å². The Bertz CT molecular complexity index is 741. The number of thioether (sulfide) groups is 1. The van der Waals surface area contributed by atoms with Crippen LogP contribution in [0.15, 0.2) is 30.3 Å². The van der Waals surface area contributed by atoms with Gasteiger partial charge in [0, 0.05) is 28.3 Å². The fraction of sp³-hybridized carbons (Fsp3) is 0.250. The summed E-state index contributed by atoms with van der Waals surface area (Å²) >= 11 is 2.75. The predicted molar refractivity (Wildman–Crippen MR) is 91.4 cm³/mol. The Labute approximate surface area is 141 Å². The number of benzene rings is 1. The first-order chi connectivity index (χ1) is 11.1. The lowest BCUT2D eigenvalue weighted by molar-refractivity contribution is -0.133. The molecule has 0 fully saturated rings. The molecule has 2 N–H and O–H groups in total. The largest absolute Gasteiger partial charge is 0.488 e. The van der Waals surface area contributed by atoms with Crippen LogP contribution < -0.4 is 10.1 Å². The Kier molecular flexibility index (Phi) is 4.88. The lowest BCUT2D eigenvalue weighted by atomic mass is 10.1. The monoisotopic (exact) mass is 349 g/mol. The molecule has 2 aromatic rings. The first-order valence-electron chi connectivity index (χ1n) is 7.08. The summed E-state index contributed by atoms with van der Waals surface area (Å²) in [6.07, 6.45) is 0. The van der Waals surface area contributed by atoms with Crippen molar-refractivity contribution in [2.45, 2.75) is 6.61 Å². The molecule has 1 amide bonds. The normalized spacial score (nSPS) is 12.0. The van der Waals surface area contributed by atoms with Gasteiger partial charge in [-0.1, -0.05) is 12.1 Å². The molecule has 23 heavy (non-hydrogen) atoms. The van der Waals surface area contributed by atoms with Gasteiger partial charge < -0.3 is 15.2 Å². The quantitative estimate of drug-likeness (QED) is 0.785. The van der Waals surface area contributed by atoms with Gasteiger partial charge in [0.25, 0.3) is 5.91 Å². The Balaban J connectivity index is 1.63. The van der Waals surface area contributed by atoms with Gasteiger partial charge in [-0.25, -0.2) is 0 Å². The van der Waals surface area contributed by atoms with Crippen molar-refractivity contribution in [1.82, 2.24) is 5.32 Å². The number of carbonyl (C=O) groups is 2. The molecule has 0 atom stereocenters. The van der Waals surface area contributed by atoms with Crippen molar-refractivity contribution in [3.05, 3.63) is 40.8 Å². The highest BCUT2D eigenvalue weighted by Crippen LogP contribution is 2.42. The molecule has 120 valence electrons. The molecule has 1 aliphatic rings. The Morgan fingerprint density at radius 3 is 3.00 bits per heavy atom. The van der Waals surface area contributed by atoms with Crippen LogP contribution >= 0.6 is 23.1 Å². The molecule has 0 aliphatic carbocycles. The highest BCUT2D eigenvalue weighted by atomic mass is 32.2. The minimum Gasteiger partial charge on any atom is -0.488 e. The predicted octanol–water partition coefficient (Wildman–Crippen LogP) is 2.86. The second-order valence-electron chi connectivity index (χ2n) is 4.95. The maximum atomic E-state index is 12.2. The Morgan fingerprint density at radius 1 is 1.35 bits per heavy atom. The first kappa shape index (κ1) is 15.9. The zero-order valence-corrected chi connectivity index (χ0v) is 13.8. The number of amides is 1. The maximum Gasteiger partial charge on any atom is 0.313 e. The summed E-state index contributed by atoms with van der Waals surface area (Å²) in [4.78, 5) is 24.3. The molecule has 0 saturated carbocycles. The molecule has 1 aromatic carbocycles. The van der Waals surface area contributed by atoms with E-state index in [0.717, 1.165) is 21.8 Å². The van der Waals surface area contributed by atoms with E-state index in [1.54, 1.807) is 0 Å². The number of carbonyl (C=O) groups excluding carboxylic acids is 1. The third kappa shape index (κ3) is 3.68. The van der Waals surface area contributed by atoms with Crippen molar-refractivity contribution in [3.63, 3.8) is 0 Å². The number of rotatable bonds is 6. The average Bonchev–Trinajstić information content (AvgIpc) is 2.99. The van der Waals surface area contributed by atoms with Gasteiger partial charge in [-0.15, -0.1) is 23.1 Å². The van der Waals surface area contributed by atoms with Gasteiger partial charge in [0.15, 0.2) is 0 Å². The number of fused-ring (bicyclic) bond motifs is 3. The molecule has 1 aliphatic heterocycles. The van der Waals surface area contributed by atoms with Crippen molar-refractivity contribution in [2.24, 2.45) is 0 Å². The van der Waals surface area contributed by atoms with Gasteiger partial charge in [-0.2, -0.15) is 0 Å². The SMILES string of the molecule is O=C(O)CSCCNC(=O)c1cc2c(s1)-c1ccccc1OC2. The number of carboxylic acid groups (broad SMARTS) is 1. The van der Waals surface area contributed by atoms with Gasteiger partial charge in [0.05, 0.1) is 10.6 Å². The van der Waals surface area contributed by atoms with Crippen LogP contribution in [0.1, 0.15) is 15.2 Å². The number of thiophene rings is 1. The van der Waals surface area contributed by atoms with Gasteiger partial charge >= 0.3 is 5.97 Å². The van der Waals surface area contributed by atoms with Gasteiger partial charge in [-0.05, 0) is 18.2 Å². The van der Waals surface area contributed by atoms with E-state index in [9.17, 15) is 9.59 Å². The van der Waals surface area contributed by atoms with Crippen LogP contribution in [0.5, 0.6) is 5.75 Å².